The predicted octanol–water partition coefficient (Wildman–Crippen LogP) is 1.09. The third-order valence-electron chi connectivity index (χ3n) is 2.92. The first-order valence-electron chi connectivity index (χ1n) is 6.44. The Hall–Kier alpha value is -1.31. The number of sulfonamides is 1. The van der Waals surface area contributed by atoms with Crippen LogP contribution in [0.4, 0.5) is 5.69 Å². The van der Waals surface area contributed by atoms with Gasteiger partial charge in [0.1, 0.15) is 0 Å². The van der Waals surface area contributed by atoms with E-state index >= 15 is 0 Å². The molecule has 0 atom stereocenters. The fraction of sp³-hybridized carbons (Fsp3) is 0.462. The van der Waals surface area contributed by atoms with E-state index in [2.05, 4.69) is 5.32 Å². The van der Waals surface area contributed by atoms with Gasteiger partial charge >= 0.3 is 0 Å². The van der Waals surface area contributed by atoms with Crippen molar-refractivity contribution in [2.45, 2.75) is 13.3 Å². The van der Waals surface area contributed by atoms with E-state index in [1.165, 1.54) is 4.31 Å². The molecule has 3 N–H and O–H groups in total. The highest BCUT2D eigenvalue weighted by molar-refractivity contribution is 7.89. The van der Waals surface area contributed by atoms with Gasteiger partial charge in [-0.15, -0.1) is 12.4 Å². The SMILES string of the molecule is CCS(=O)(=O)N(C)CCCNC(=O)c1cccc(N)c1.Cl. The first-order chi connectivity index (χ1) is 9.36. The molecule has 0 aromatic heterocycles. The van der Waals surface area contributed by atoms with Crippen LogP contribution in [-0.4, -0.2) is 44.5 Å². The number of amides is 1. The summed E-state index contributed by atoms with van der Waals surface area (Å²) in [7, 11) is -1.61. The van der Waals surface area contributed by atoms with Crippen LogP contribution in [0.2, 0.25) is 0 Å². The minimum Gasteiger partial charge on any atom is -0.399 e. The van der Waals surface area contributed by atoms with Crippen LogP contribution in [0.25, 0.3) is 0 Å². The molecule has 120 valence electrons. The lowest BCUT2D eigenvalue weighted by Gasteiger charge is -2.15. The summed E-state index contributed by atoms with van der Waals surface area (Å²) in [5.41, 5.74) is 6.63. The van der Waals surface area contributed by atoms with Gasteiger partial charge in [-0.3, -0.25) is 4.79 Å². The van der Waals surface area contributed by atoms with Gasteiger partial charge in [0.2, 0.25) is 10.0 Å². The molecule has 0 heterocycles. The Kier molecular flexibility index (Phi) is 8.31. The van der Waals surface area contributed by atoms with Gasteiger partial charge < -0.3 is 11.1 Å². The maximum absolute atomic E-state index is 11.8. The zero-order chi connectivity index (χ0) is 15.2. The van der Waals surface area contributed by atoms with Crippen LogP contribution in [0, 0.1) is 0 Å². The predicted molar refractivity (Wildman–Crippen MR) is 87.1 cm³/mol. The molecule has 0 saturated heterocycles. The molecule has 8 heteroatoms. The monoisotopic (exact) mass is 335 g/mol. The number of nitrogens with one attached hydrogen (secondary N) is 1. The molecular formula is C13H22ClN3O3S. The highest BCUT2D eigenvalue weighted by Crippen LogP contribution is 2.06. The number of carbonyl (C=O) groups is 1. The second kappa shape index (κ2) is 8.86. The van der Waals surface area contributed by atoms with Crippen molar-refractivity contribution < 1.29 is 13.2 Å². The first kappa shape index (κ1) is 19.7. The fourth-order valence-electron chi connectivity index (χ4n) is 1.65. The molecule has 0 aliphatic rings. The van der Waals surface area contributed by atoms with Gasteiger partial charge in [0.25, 0.3) is 5.91 Å². The topological polar surface area (TPSA) is 92.5 Å². The van der Waals surface area contributed by atoms with Gasteiger partial charge in [0.05, 0.1) is 5.75 Å². The van der Waals surface area contributed by atoms with Crippen molar-refractivity contribution in [1.82, 2.24) is 9.62 Å². The zero-order valence-corrected chi connectivity index (χ0v) is 13.8. The number of hydrogen-bond donors (Lipinski definition) is 2. The van der Waals surface area contributed by atoms with Gasteiger partial charge in [0, 0.05) is 31.4 Å². The molecule has 0 aliphatic carbocycles. The van der Waals surface area contributed by atoms with Crippen LogP contribution in [0.5, 0.6) is 0 Å². The van der Waals surface area contributed by atoms with E-state index in [1.54, 1.807) is 38.2 Å². The average molecular weight is 336 g/mol. The lowest BCUT2D eigenvalue weighted by molar-refractivity contribution is 0.0953. The number of anilines is 1. The maximum Gasteiger partial charge on any atom is 0.251 e. The summed E-state index contributed by atoms with van der Waals surface area (Å²) in [6.07, 6.45) is 0.559. The van der Waals surface area contributed by atoms with E-state index in [1.807, 2.05) is 0 Å². The lowest BCUT2D eigenvalue weighted by atomic mass is 10.2. The van der Waals surface area contributed by atoms with Crippen LogP contribution in [0.15, 0.2) is 24.3 Å². The molecule has 0 radical (unpaired) electrons. The summed E-state index contributed by atoms with van der Waals surface area (Å²) in [5, 5.41) is 2.74. The quantitative estimate of drug-likeness (QED) is 0.576. The summed E-state index contributed by atoms with van der Waals surface area (Å²) < 4.78 is 24.3. The molecule has 0 bridgehead atoms. The summed E-state index contributed by atoms with van der Waals surface area (Å²) in [6, 6.07) is 6.70. The fourth-order valence-corrected chi connectivity index (χ4v) is 2.49. The third kappa shape index (κ3) is 6.33. The highest BCUT2D eigenvalue weighted by atomic mass is 35.5. The molecule has 0 aliphatic heterocycles. The minimum absolute atomic E-state index is 0. The van der Waals surface area contributed by atoms with E-state index in [0.29, 0.717) is 30.8 Å². The Morgan fingerprint density at radius 3 is 2.62 bits per heavy atom. The zero-order valence-electron chi connectivity index (χ0n) is 12.2. The maximum atomic E-state index is 11.8. The Morgan fingerprint density at radius 2 is 2.05 bits per heavy atom. The van der Waals surface area contributed by atoms with Gasteiger partial charge in [-0.2, -0.15) is 0 Å². The van der Waals surface area contributed by atoms with E-state index in [9.17, 15) is 13.2 Å². The lowest BCUT2D eigenvalue weighted by Crippen LogP contribution is -2.32. The molecule has 1 aromatic rings. The van der Waals surface area contributed by atoms with Crippen molar-refractivity contribution >= 4 is 34.0 Å². The molecule has 1 rings (SSSR count). The molecule has 0 spiro atoms. The van der Waals surface area contributed by atoms with Crippen molar-refractivity contribution in [3.8, 4) is 0 Å². The highest BCUT2D eigenvalue weighted by Gasteiger charge is 2.14. The van der Waals surface area contributed by atoms with Crippen molar-refractivity contribution in [2.24, 2.45) is 0 Å². The number of nitrogens with two attached hydrogens (primary N) is 1. The van der Waals surface area contributed by atoms with Crippen LogP contribution >= 0.6 is 12.4 Å². The van der Waals surface area contributed by atoms with Crippen LogP contribution < -0.4 is 11.1 Å². The van der Waals surface area contributed by atoms with Gasteiger partial charge in [-0.1, -0.05) is 6.07 Å². The Balaban J connectivity index is 0.00000400. The van der Waals surface area contributed by atoms with Crippen LogP contribution in [-0.2, 0) is 10.0 Å². The number of carbonyl (C=O) groups excluding carboxylic acids is 1. The van der Waals surface area contributed by atoms with Gasteiger partial charge in [0.15, 0.2) is 0 Å². The van der Waals surface area contributed by atoms with E-state index in [4.69, 9.17) is 5.73 Å². The Labute approximate surface area is 132 Å². The van der Waals surface area contributed by atoms with Crippen molar-refractivity contribution in [1.29, 1.82) is 0 Å². The largest absolute Gasteiger partial charge is 0.399 e. The van der Waals surface area contributed by atoms with E-state index in [0.717, 1.165) is 0 Å². The molecule has 1 amide bonds. The summed E-state index contributed by atoms with van der Waals surface area (Å²) >= 11 is 0. The normalized spacial score (nSPS) is 11.0. The minimum atomic E-state index is -3.15. The Morgan fingerprint density at radius 1 is 1.38 bits per heavy atom. The van der Waals surface area contributed by atoms with Crippen molar-refractivity contribution in [3.05, 3.63) is 29.8 Å². The summed E-state index contributed by atoms with van der Waals surface area (Å²) in [5.74, 6) is -0.127. The smallest absolute Gasteiger partial charge is 0.251 e. The number of halogens is 1. The second-order valence-corrected chi connectivity index (χ2v) is 6.82. The third-order valence-corrected chi connectivity index (χ3v) is 4.79. The molecule has 0 fully saturated rings. The van der Waals surface area contributed by atoms with Gasteiger partial charge in [-0.05, 0) is 31.5 Å². The first-order valence-corrected chi connectivity index (χ1v) is 8.05. The summed E-state index contributed by atoms with van der Waals surface area (Å²) in [6.45, 7) is 2.40. The summed E-state index contributed by atoms with van der Waals surface area (Å²) in [4.78, 5) is 11.8. The number of nitrogens with zero attached hydrogens (tertiary/aromatic N) is 1. The Bertz CT molecular complexity index is 564. The molecule has 0 saturated carbocycles. The molecular weight excluding hydrogens is 314 g/mol. The van der Waals surface area contributed by atoms with Crippen molar-refractivity contribution in [3.63, 3.8) is 0 Å². The standard InChI is InChI=1S/C13H21N3O3S.ClH/c1-3-20(18,19)16(2)9-5-8-15-13(17)11-6-4-7-12(14)10-11;/h4,6-7,10H,3,5,8-9,14H2,1-2H3,(H,15,17);1H. The molecule has 21 heavy (non-hydrogen) atoms. The molecule has 0 unspecified atom stereocenters. The second-order valence-electron chi connectivity index (χ2n) is 4.46. The van der Waals surface area contributed by atoms with Gasteiger partial charge in [-0.25, -0.2) is 12.7 Å². The van der Waals surface area contributed by atoms with Crippen molar-refractivity contribution in [2.75, 3.05) is 31.6 Å². The van der Waals surface area contributed by atoms with E-state index in [-0.39, 0.29) is 24.1 Å². The number of nitrogen functional groups attached to an aromatic ring is 1. The molecule has 1 aromatic carbocycles. The average Bonchev–Trinajstić information content (AvgIpc) is 2.42. The number of benzene rings is 1. The van der Waals surface area contributed by atoms with Crippen LogP contribution in [0.1, 0.15) is 23.7 Å². The number of rotatable bonds is 7. The molecule has 6 nitrogen and oxygen atoms in total. The van der Waals surface area contributed by atoms with E-state index < -0.39 is 10.0 Å². The van der Waals surface area contributed by atoms with Crippen LogP contribution in [0.3, 0.4) is 0 Å². The number of hydrogen-bond acceptors (Lipinski definition) is 4.